The standard InChI is InChI=1S/C10H17N3OS/c1-4-7(5-2)9(14)13-10-12-6(3)8(11)15-10/h7H,4-5,11H2,1-3H3,(H,12,13,14). The summed E-state index contributed by atoms with van der Waals surface area (Å²) in [5, 5.41) is 4.05. The third kappa shape index (κ3) is 2.92. The molecule has 5 heteroatoms. The van der Waals surface area contributed by atoms with Crippen LogP contribution in [0.2, 0.25) is 0 Å². The van der Waals surface area contributed by atoms with Crippen molar-refractivity contribution in [2.75, 3.05) is 11.1 Å². The summed E-state index contributed by atoms with van der Waals surface area (Å²) in [7, 11) is 0. The Morgan fingerprint density at radius 2 is 2.13 bits per heavy atom. The molecular weight excluding hydrogens is 210 g/mol. The molecule has 0 unspecified atom stereocenters. The summed E-state index contributed by atoms with van der Waals surface area (Å²) in [5.74, 6) is 0.101. The Bertz CT molecular complexity index is 325. The van der Waals surface area contributed by atoms with Gasteiger partial charge in [-0.15, -0.1) is 0 Å². The first kappa shape index (κ1) is 12.0. The molecule has 0 spiro atoms. The van der Waals surface area contributed by atoms with Gasteiger partial charge in [-0.05, 0) is 19.8 Å². The molecule has 0 aliphatic heterocycles. The zero-order valence-corrected chi connectivity index (χ0v) is 10.1. The number of amides is 1. The fourth-order valence-corrected chi connectivity index (χ4v) is 2.06. The second-order valence-electron chi connectivity index (χ2n) is 3.47. The first-order valence-electron chi connectivity index (χ1n) is 5.12. The molecule has 0 saturated carbocycles. The lowest BCUT2D eigenvalue weighted by atomic mass is 10.0. The van der Waals surface area contributed by atoms with Gasteiger partial charge in [-0.2, -0.15) is 0 Å². The summed E-state index contributed by atoms with van der Waals surface area (Å²) in [6.45, 7) is 5.85. The van der Waals surface area contributed by atoms with Gasteiger partial charge in [0.15, 0.2) is 5.13 Å². The second kappa shape index (κ2) is 5.11. The van der Waals surface area contributed by atoms with Crippen LogP contribution in [0.15, 0.2) is 0 Å². The molecule has 3 N–H and O–H groups in total. The van der Waals surface area contributed by atoms with Gasteiger partial charge in [0.05, 0.1) is 5.69 Å². The summed E-state index contributed by atoms with van der Waals surface area (Å²) in [6.07, 6.45) is 1.70. The van der Waals surface area contributed by atoms with Crippen LogP contribution in [0.5, 0.6) is 0 Å². The highest BCUT2D eigenvalue weighted by atomic mass is 32.1. The molecule has 0 aliphatic carbocycles. The number of aryl methyl sites for hydroxylation is 1. The van der Waals surface area contributed by atoms with E-state index in [2.05, 4.69) is 10.3 Å². The Morgan fingerprint density at radius 3 is 2.53 bits per heavy atom. The Kier molecular flexibility index (Phi) is 4.08. The van der Waals surface area contributed by atoms with Crippen molar-refractivity contribution in [2.24, 2.45) is 5.92 Å². The van der Waals surface area contributed by atoms with Crippen LogP contribution < -0.4 is 11.1 Å². The molecule has 15 heavy (non-hydrogen) atoms. The van der Waals surface area contributed by atoms with E-state index in [1.807, 2.05) is 20.8 Å². The second-order valence-corrected chi connectivity index (χ2v) is 4.50. The number of carbonyl (C=O) groups excluding carboxylic acids is 1. The van der Waals surface area contributed by atoms with Crippen LogP contribution in [0.1, 0.15) is 32.4 Å². The predicted molar refractivity (Wildman–Crippen MR) is 64.0 cm³/mol. The largest absolute Gasteiger partial charge is 0.389 e. The van der Waals surface area contributed by atoms with Crippen molar-refractivity contribution >= 4 is 27.4 Å². The molecule has 1 rings (SSSR count). The van der Waals surface area contributed by atoms with E-state index in [1.165, 1.54) is 11.3 Å². The van der Waals surface area contributed by atoms with E-state index in [1.54, 1.807) is 0 Å². The van der Waals surface area contributed by atoms with Crippen molar-refractivity contribution in [2.45, 2.75) is 33.6 Å². The Morgan fingerprint density at radius 1 is 1.53 bits per heavy atom. The van der Waals surface area contributed by atoms with Gasteiger partial charge in [-0.25, -0.2) is 4.98 Å². The summed E-state index contributed by atoms with van der Waals surface area (Å²) >= 11 is 1.32. The van der Waals surface area contributed by atoms with E-state index in [0.29, 0.717) is 10.1 Å². The molecule has 0 aliphatic rings. The number of thiazole rings is 1. The van der Waals surface area contributed by atoms with Crippen molar-refractivity contribution in [3.05, 3.63) is 5.69 Å². The van der Waals surface area contributed by atoms with Gasteiger partial charge in [0.25, 0.3) is 0 Å². The normalized spacial score (nSPS) is 10.7. The van der Waals surface area contributed by atoms with E-state index in [9.17, 15) is 4.79 Å². The van der Waals surface area contributed by atoms with Crippen molar-refractivity contribution in [3.63, 3.8) is 0 Å². The fourth-order valence-electron chi connectivity index (χ4n) is 1.33. The maximum absolute atomic E-state index is 11.7. The average Bonchev–Trinajstić information content (AvgIpc) is 2.47. The van der Waals surface area contributed by atoms with Crippen LogP contribution >= 0.6 is 11.3 Å². The lowest BCUT2D eigenvalue weighted by molar-refractivity contribution is -0.120. The van der Waals surface area contributed by atoms with Crippen molar-refractivity contribution < 1.29 is 4.79 Å². The number of carbonyl (C=O) groups is 1. The molecule has 0 bridgehead atoms. The number of anilines is 2. The molecular formula is C10H17N3OS. The predicted octanol–water partition coefficient (Wildman–Crippen LogP) is 2.41. The van der Waals surface area contributed by atoms with Crippen molar-refractivity contribution in [1.82, 2.24) is 4.98 Å². The SMILES string of the molecule is CCC(CC)C(=O)Nc1nc(C)c(N)s1. The number of nitrogens with two attached hydrogens (primary N) is 1. The van der Waals surface area contributed by atoms with Gasteiger partial charge in [0.1, 0.15) is 5.00 Å². The smallest absolute Gasteiger partial charge is 0.229 e. The van der Waals surface area contributed by atoms with E-state index >= 15 is 0 Å². The summed E-state index contributed by atoms with van der Waals surface area (Å²) in [4.78, 5) is 15.9. The van der Waals surface area contributed by atoms with E-state index in [0.717, 1.165) is 18.5 Å². The molecule has 0 atom stereocenters. The Labute approximate surface area is 93.9 Å². The topological polar surface area (TPSA) is 68.0 Å². The third-order valence-corrected chi connectivity index (χ3v) is 3.32. The first-order valence-corrected chi connectivity index (χ1v) is 5.93. The maximum Gasteiger partial charge on any atom is 0.229 e. The number of aromatic nitrogens is 1. The zero-order chi connectivity index (χ0) is 11.4. The lowest BCUT2D eigenvalue weighted by Crippen LogP contribution is -2.21. The lowest BCUT2D eigenvalue weighted by Gasteiger charge is -2.10. The minimum absolute atomic E-state index is 0.0359. The van der Waals surface area contributed by atoms with Crippen LogP contribution in [0.3, 0.4) is 0 Å². The molecule has 0 fully saturated rings. The van der Waals surface area contributed by atoms with E-state index < -0.39 is 0 Å². The number of hydrogen-bond acceptors (Lipinski definition) is 4. The van der Waals surface area contributed by atoms with Crippen LogP contribution in [-0.4, -0.2) is 10.9 Å². The molecule has 4 nitrogen and oxygen atoms in total. The average molecular weight is 227 g/mol. The first-order chi connectivity index (χ1) is 7.08. The molecule has 0 radical (unpaired) electrons. The van der Waals surface area contributed by atoms with Gasteiger partial charge in [0, 0.05) is 5.92 Å². The van der Waals surface area contributed by atoms with Crippen molar-refractivity contribution in [3.8, 4) is 0 Å². The number of hydrogen-bond donors (Lipinski definition) is 2. The molecule has 0 aromatic carbocycles. The van der Waals surface area contributed by atoms with E-state index in [-0.39, 0.29) is 11.8 Å². The summed E-state index contributed by atoms with van der Waals surface area (Å²) in [5.41, 5.74) is 6.44. The number of nitrogens with zero attached hydrogens (tertiary/aromatic N) is 1. The van der Waals surface area contributed by atoms with Gasteiger partial charge < -0.3 is 11.1 Å². The van der Waals surface area contributed by atoms with Crippen LogP contribution in [-0.2, 0) is 4.79 Å². The zero-order valence-electron chi connectivity index (χ0n) is 9.33. The quantitative estimate of drug-likeness (QED) is 0.830. The van der Waals surface area contributed by atoms with Crippen LogP contribution in [0.25, 0.3) is 0 Å². The summed E-state index contributed by atoms with van der Waals surface area (Å²) in [6, 6.07) is 0. The Hall–Kier alpha value is -1.10. The van der Waals surface area contributed by atoms with Crippen molar-refractivity contribution in [1.29, 1.82) is 0 Å². The molecule has 84 valence electrons. The number of nitrogen functional groups attached to an aromatic ring is 1. The van der Waals surface area contributed by atoms with E-state index in [4.69, 9.17) is 5.73 Å². The van der Waals surface area contributed by atoms with Gasteiger partial charge >= 0.3 is 0 Å². The molecule has 0 saturated heterocycles. The number of nitrogens with one attached hydrogen (secondary N) is 1. The Balaban J connectivity index is 2.65. The molecule has 1 heterocycles. The number of rotatable bonds is 4. The highest BCUT2D eigenvalue weighted by molar-refractivity contribution is 7.19. The molecule has 1 amide bonds. The van der Waals surface area contributed by atoms with Gasteiger partial charge in [-0.1, -0.05) is 25.2 Å². The van der Waals surface area contributed by atoms with Gasteiger partial charge in [0.2, 0.25) is 5.91 Å². The highest BCUT2D eigenvalue weighted by Crippen LogP contribution is 2.25. The van der Waals surface area contributed by atoms with Crippen LogP contribution in [0.4, 0.5) is 10.1 Å². The minimum atomic E-state index is 0.0359. The van der Waals surface area contributed by atoms with Crippen LogP contribution in [0, 0.1) is 12.8 Å². The third-order valence-electron chi connectivity index (χ3n) is 2.42. The minimum Gasteiger partial charge on any atom is -0.389 e. The fraction of sp³-hybridized carbons (Fsp3) is 0.600. The highest BCUT2D eigenvalue weighted by Gasteiger charge is 2.15. The molecule has 1 aromatic rings. The maximum atomic E-state index is 11.7. The van der Waals surface area contributed by atoms with Gasteiger partial charge in [-0.3, -0.25) is 4.79 Å². The summed E-state index contributed by atoms with van der Waals surface area (Å²) < 4.78 is 0. The molecule has 1 aromatic heterocycles. The monoisotopic (exact) mass is 227 g/mol.